The molecule has 3 rings (SSSR count). The lowest BCUT2D eigenvalue weighted by atomic mass is 10.3. The van der Waals surface area contributed by atoms with E-state index in [0.29, 0.717) is 23.0 Å². The van der Waals surface area contributed by atoms with Gasteiger partial charge in [-0.05, 0) is 34.1 Å². The molecule has 3 aromatic rings. The molecule has 5 nitrogen and oxygen atoms in total. The molecule has 88 valence electrons. The Morgan fingerprint density at radius 1 is 1.44 bits per heavy atom. The molecule has 7 heteroatoms. The quantitative estimate of drug-likeness (QED) is 0.784. The largest absolute Gasteiger partial charge is 0.352 e. The minimum atomic E-state index is 0.396. The van der Waals surface area contributed by atoms with E-state index in [2.05, 4.69) is 31.1 Å². The fourth-order valence-electron chi connectivity index (χ4n) is 1.46. The van der Waals surface area contributed by atoms with Crippen LogP contribution in [-0.2, 0) is 0 Å². The van der Waals surface area contributed by atoms with Crippen LogP contribution in [0, 0.1) is 11.3 Å². The number of halogens is 1. The van der Waals surface area contributed by atoms with Gasteiger partial charge in [-0.25, -0.2) is 0 Å². The minimum absolute atomic E-state index is 0.396. The highest BCUT2D eigenvalue weighted by Gasteiger charge is 2.13. The Bertz CT molecular complexity index is 736. The SMILES string of the molecule is N#Cc1cc(-c2nc(-c3ccc(Br)s3)no2)c[nH]1. The van der Waals surface area contributed by atoms with Crippen molar-refractivity contribution in [3.8, 4) is 28.2 Å². The number of thiophene rings is 1. The van der Waals surface area contributed by atoms with Crippen molar-refractivity contribution < 1.29 is 4.52 Å². The smallest absolute Gasteiger partial charge is 0.259 e. The van der Waals surface area contributed by atoms with E-state index in [9.17, 15) is 0 Å². The Morgan fingerprint density at radius 2 is 2.33 bits per heavy atom. The second kappa shape index (κ2) is 4.40. The second-order valence-electron chi connectivity index (χ2n) is 3.44. The lowest BCUT2D eigenvalue weighted by Crippen LogP contribution is -1.75. The summed E-state index contributed by atoms with van der Waals surface area (Å²) in [5.74, 6) is 0.938. The zero-order valence-corrected chi connectivity index (χ0v) is 11.2. The van der Waals surface area contributed by atoms with Gasteiger partial charge in [0.25, 0.3) is 5.89 Å². The first kappa shape index (κ1) is 11.2. The summed E-state index contributed by atoms with van der Waals surface area (Å²) in [4.78, 5) is 8.03. The average molecular weight is 321 g/mol. The van der Waals surface area contributed by atoms with E-state index in [0.717, 1.165) is 8.66 Å². The standard InChI is InChI=1S/C11H5BrN4OS/c12-9-2-1-8(18-9)10-15-11(17-16-10)6-3-7(4-13)14-5-6/h1-3,5,14H. The van der Waals surface area contributed by atoms with Gasteiger partial charge in [-0.1, -0.05) is 5.16 Å². The maximum Gasteiger partial charge on any atom is 0.259 e. The lowest BCUT2D eigenvalue weighted by Gasteiger charge is -1.84. The van der Waals surface area contributed by atoms with Crippen molar-refractivity contribution in [3.63, 3.8) is 0 Å². The Balaban J connectivity index is 1.96. The van der Waals surface area contributed by atoms with Gasteiger partial charge >= 0.3 is 0 Å². The Hall–Kier alpha value is -1.91. The number of aromatic nitrogens is 3. The molecular formula is C11H5BrN4OS. The van der Waals surface area contributed by atoms with Crippen molar-refractivity contribution in [2.45, 2.75) is 0 Å². The first-order valence-electron chi connectivity index (χ1n) is 4.94. The van der Waals surface area contributed by atoms with Crippen LogP contribution in [0.25, 0.3) is 22.2 Å². The number of rotatable bonds is 2. The van der Waals surface area contributed by atoms with Crippen LogP contribution in [0.2, 0.25) is 0 Å². The molecule has 0 saturated heterocycles. The van der Waals surface area contributed by atoms with E-state index in [4.69, 9.17) is 9.78 Å². The monoisotopic (exact) mass is 320 g/mol. The van der Waals surface area contributed by atoms with Crippen LogP contribution >= 0.6 is 27.3 Å². The zero-order chi connectivity index (χ0) is 12.5. The third-order valence-electron chi connectivity index (χ3n) is 2.27. The molecule has 0 aliphatic heterocycles. The predicted octanol–water partition coefficient (Wildman–Crippen LogP) is 3.43. The Kier molecular flexibility index (Phi) is 2.74. The van der Waals surface area contributed by atoms with Crippen LogP contribution in [-0.4, -0.2) is 15.1 Å². The highest BCUT2D eigenvalue weighted by atomic mass is 79.9. The lowest BCUT2D eigenvalue weighted by molar-refractivity contribution is 0.432. The van der Waals surface area contributed by atoms with Crippen LogP contribution in [0.3, 0.4) is 0 Å². The van der Waals surface area contributed by atoms with Crippen LogP contribution in [0.5, 0.6) is 0 Å². The average Bonchev–Trinajstić information content (AvgIpc) is 3.07. The van der Waals surface area contributed by atoms with Crippen LogP contribution in [0.1, 0.15) is 5.69 Å². The van der Waals surface area contributed by atoms with Gasteiger partial charge in [0.05, 0.1) is 14.2 Å². The van der Waals surface area contributed by atoms with E-state index in [1.165, 1.54) is 11.3 Å². The summed E-state index contributed by atoms with van der Waals surface area (Å²) in [6.45, 7) is 0. The zero-order valence-electron chi connectivity index (χ0n) is 8.85. The molecule has 0 amide bonds. The summed E-state index contributed by atoms with van der Waals surface area (Å²) in [6.07, 6.45) is 1.67. The normalized spacial score (nSPS) is 10.4. The number of hydrogen-bond acceptors (Lipinski definition) is 5. The number of H-pyrrole nitrogens is 1. The van der Waals surface area contributed by atoms with E-state index in [1.54, 1.807) is 12.3 Å². The molecular weight excluding hydrogens is 316 g/mol. The molecule has 3 aromatic heterocycles. The summed E-state index contributed by atoms with van der Waals surface area (Å²) >= 11 is 4.92. The third kappa shape index (κ3) is 1.96. The summed E-state index contributed by atoms with van der Waals surface area (Å²) in [6, 6.07) is 7.53. The van der Waals surface area contributed by atoms with Gasteiger partial charge in [0.2, 0.25) is 5.82 Å². The van der Waals surface area contributed by atoms with Gasteiger partial charge in [0, 0.05) is 6.20 Å². The molecule has 0 aromatic carbocycles. The topological polar surface area (TPSA) is 78.5 Å². The van der Waals surface area contributed by atoms with Crippen molar-refractivity contribution in [2.24, 2.45) is 0 Å². The van der Waals surface area contributed by atoms with Crippen molar-refractivity contribution in [2.75, 3.05) is 0 Å². The van der Waals surface area contributed by atoms with Crippen molar-refractivity contribution in [1.29, 1.82) is 5.26 Å². The molecule has 0 fully saturated rings. The summed E-state index contributed by atoms with van der Waals surface area (Å²) in [7, 11) is 0. The molecule has 3 heterocycles. The number of hydrogen-bond donors (Lipinski definition) is 1. The minimum Gasteiger partial charge on any atom is -0.352 e. The number of nitrogens with zero attached hydrogens (tertiary/aromatic N) is 3. The van der Waals surface area contributed by atoms with E-state index in [1.807, 2.05) is 18.2 Å². The van der Waals surface area contributed by atoms with Gasteiger partial charge in [0.1, 0.15) is 11.8 Å². The van der Waals surface area contributed by atoms with Crippen LogP contribution in [0.15, 0.2) is 32.7 Å². The van der Waals surface area contributed by atoms with Gasteiger partial charge in [-0.2, -0.15) is 10.2 Å². The maximum atomic E-state index is 8.73. The highest BCUT2D eigenvalue weighted by Crippen LogP contribution is 2.30. The number of aromatic amines is 1. The summed E-state index contributed by atoms with van der Waals surface area (Å²) in [5, 5.41) is 12.7. The van der Waals surface area contributed by atoms with Crippen molar-refractivity contribution in [3.05, 3.63) is 33.9 Å². The molecule has 0 unspecified atom stereocenters. The molecule has 1 N–H and O–H groups in total. The number of nitrogens with one attached hydrogen (secondary N) is 1. The van der Waals surface area contributed by atoms with Crippen molar-refractivity contribution >= 4 is 27.3 Å². The Labute approximate surface area is 114 Å². The highest BCUT2D eigenvalue weighted by molar-refractivity contribution is 9.11. The third-order valence-corrected chi connectivity index (χ3v) is 3.89. The summed E-state index contributed by atoms with van der Waals surface area (Å²) in [5.41, 5.74) is 1.17. The van der Waals surface area contributed by atoms with Crippen LogP contribution < -0.4 is 0 Å². The van der Waals surface area contributed by atoms with Gasteiger partial charge in [0.15, 0.2) is 0 Å². The molecule has 0 aliphatic carbocycles. The van der Waals surface area contributed by atoms with Crippen molar-refractivity contribution in [1.82, 2.24) is 15.1 Å². The molecule has 0 bridgehead atoms. The fourth-order valence-corrected chi connectivity index (χ4v) is 2.77. The molecule has 0 radical (unpaired) electrons. The molecule has 0 aliphatic rings. The second-order valence-corrected chi connectivity index (χ2v) is 5.90. The maximum absolute atomic E-state index is 8.73. The molecule has 18 heavy (non-hydrogen) atoms. The first-order valence-corrected chi connectivity index (χ1v) is 6.55. The van der Waals surface area contributed by atoms with Gasteiger partial charge in [-0.15, -0.1) is 11.3 Å². The summed E-state index contributed by atoms with van der Waals surface area (Å²) < 4.78 is 6.18. The fraction of sp³-hybridized carbons (Fsp3) is 0. The molecule has 0 spiro atoms. The van der Waals surface area contributed by atoms with E-state index < -0.39 is 0 Å². The van der Waals surface area contributed by atoms with Crippen LogP contribution in [0.4, 0.5) is 0 Å². The van der Waals surface area contributed by atoms with Gasteiger partial charge in [-0.3, -0.25) is 0 Å². The molecule has 0 atom stereocenters. The Morgan fingerprint density at radius 3 is 3.00 bits per heavy atom. The van der Waals surface area contributed by atoms with E-state index in [-0.39, 0.29) is 0 Å². The van der Waals surface area contributed by atoms with E-state index >= 15 is 0 Å². The first-order chi connectivity index (χ1) is 8.76. The molecule has 0 saturated carbocycles. The predicted molar refractivity (Wildman–Crippen MR) is 69.8 cm³/mol. The number of nitriles is 1. The van der Waals surface area contributed by atoms with Gasteiger partial charge < -0.3 is 9.51 Å².